The van der Waals surface area contributed by atoms with E-state index in [4.69, 9.17) is 0 Å². The summed E-state index contributed by atoms with van der Waals surface area (Å²) in [7, 11) is 1.92. The van der Waals surface area contributed by atoms with Gasteiger partial charge < -0.3 is 5.32 Å². The van der Waals surface area contributed by atoms with E-state index in [9.17, 15) is 0 Å². The van der Waals surface area contributed by atoms with Crippen LogP contribution in [0.2, 0.25) is 0 Å². The van der Waals surface area contributed by atoms with Gasteiger partial charge in [-0.3, -0.25) is 9.36 Å². The minimum absolute atomic E-state index is 0. The van der Waals surface area contributed by atoms with Crippen LogP contribution < -0.4 is 5.32 Å². The van der Waals surface area contributed by atoms with Gasteiger partial charge in [0.2, 0.25) is 0 Å². The number of hydrogen-bond acceptors (Lipinski definition) is 3. The van der Waals surface area contributed by atoms with Gasteiger partial charge in [-0.1, -0.05) is 13.8 Å². The van der Waals surface area contributed by atoms with Crippen molar-refractivity contribution in [3.8, 4) is 0 Å². The quantitative estimate of drug-likeness (QED) is 0.918. The lowest BCUT2D eigenvalue weighted by Gasteiger charge is -2.06. The van der Waals surface area contributed by atoms with Gasteiger partial charge >= 0.3 is 0 Å². The van der Waals surface area contributed by atoms with Crippen LogP contribution in [0.4, 0.5) is 5.82 Å². The molecule has 0 radical (unpaired) electrons. The molecule has 5 nitrogen and oxygen atoms in total. The number of nitrogens with one attached hydrogen (secondary N) is 1. The first-order valence-corrected chi connectivity index (χ1v) is 6.30. The van der Waals surface area contributed by atoms with E-state index in [1.807, 2.05) is 19.4 Å². The Morgan fingerprint density at radius 3 is 2.68 bits per heavy atom. The van der Waals surface area contributed by atoms with E-state index in [2.05, 4.69) is 47.0 Å². The predicted molar refractivity (Wildman–Crippen MR) is 79.6 cm³/mol. The van der Waals surface area contributed by atoms with Crippen molar-refractivity contribution in [2.24, 2.45) is 13.0 Å². The van der Waals surface area contributed by atoms with Crippen LogP contribution in [0.15, 0.2) is 18.5 Å². The van der Waals surface area contributed by atoms with E-state index < -0.39 is 0 Å². The first-order chi connectivity index (χ1) is 8.54. The van der Waals surface area contributed by atoms with Crippen molar-refractivity contribution in [1.82, 2.24) is 19.6 Å². The Morgan fingerprint density at radius 2 is 2.11 bits per heavy atom. The second-order valence-corrected chi connectivity index (χ2v) is 5.12. The van der Waals surface area contributed by atoms with Crippen LogP contribution in [0.5, 0.6) is 0 Å². The molecule has 0 aliphatic carbocycles. The number of rotatable bonds is 5. The second kappa shape index (κ2) is 6.61. The molecule has 2 rings (SSSR count). The van der Waals surface area contributed by atoms with Crippen LogP contribution in [0, 0.1) is 12.8 Å². The molecule has 19 heavy (non-hydrogen) atoms. The lowest BCUT2D eigenvalue weighted by atomic mass is 10.2. The molecular weight excluding hydrogens is 262 g/mol. The molecule has 2 aromatic rings. The van der Waals surface area contributed by atoms with Gasteiger partial charge in [0.25, 0.3) is 0 Å². The van der Waals surface area contributed by atoms with Gasteiger partial charge in [0, 0.05) is 43.7 Å². The lowest BCUT2D eigenvalue weighted by molar-refractivity contribution is 0.475. The molecule has 6 heteroatoms. The Morgan fingerprint density at radius 1 is 1.37 bits per heavy atom. The third-order valence-electron chi connectivity index (χ3n) is 2.75. The largest absolute Gasteiger partial charge is 0.364 e. The number of anilines is 1. The van der Waals surface area contributed by atoms with Crippen molar-refractivity contribution < 1.29 is 0 Å². The zero-order valence-corrected chi connectivity index (χ0v) is 12.7. The fraction of sp³-hybridized carbons (Fsp3) is 0.538. The second-order valence-electron chi connectivity index (χ2n) is 5.12. The smallest absolute Gasteiger partial charge is 0.148 e. The summed E-state index contributed by atoms with van der Waals surface area (Å²) in [5.74, 6) is 1.53. The molecule has 0 amide bonds. The summed E-state index contributed by atoms with van der Waals surface area (Å²) in [5, 5.41) is 12.0. The van der Waals surface area contributed by atoms with Crippen molar-refractivity contribution in [1.29, 1.82) is 0 Å². The minimum Gasteiger partial charge on any atom is -0.364 e. The Balaban J connectivity index is 0.00000180. The molecule has 0 unspecified atom stereocenters. The average Bonchev–Trinajstić information content (AvgIpc) is 2.83. The molecule has 0 atom stereocenters. The van der Waals surface area contributed by atoms with Gasteiger partial charge in [0.15, 0.2) is 0 Å². The Hall–Kier alpha value is -1.49. The summed E-state index contributed by atoms with van der Waals surface area (Å²) in [5.41, 5.74) is 2.35. The number of hydrogen-bond donors (Lipinski definition) is 1. The molecule has 0 aromatic carbocycles. The number of halogens is 1. The minimum atomic E-state index is 0. The fourth-order valence-electron chi connectivity index (χ4n) is 1.88. The molecule has 0 saturated carbocycles. The van der Waals surface area contributed by atoms with E-state index in [1.54, 1.807) is 4.68 Å². The molecule has 0 aliphatic rings. The third-order valence-corrected chi connectivity index (χ3v) is 2.75. The summed E-state index contributed by atoms with van der Waals surface area (Å²) in [6.07, 6.45) is 3.87. The fourth-order valence-corrected chi connectivity index (χ4v) is 1.88. The highest BCUT2D eigenvalue weighted by Gasteiger charge is 2.05. The van der Waals surface area contributed by atoms with Gasteiger partial charge in [-0.15, -0.1) is 12.4 Å². The standard InChI is InChI=1S/C13H21N5.ClH/c1-10(2)8-18-11(3)5-13(16-18)14-6-12-7-15-17(4)9-12;/h5,7,9-10H,6,8H2,1-4H3,(H,14,16);1H. The van der Waals surface area contributed by atoms with Gasteiger partial charge in [-0.25, -0.2) is 0 Å². The van der Waals surface area contributed by atoms with Crippen LogP contribution >= 0.6 is 12.4 Å². The van der Waals surface area contributed by atoms with Crippen molar-refractivity contribution in [3.05, 3.63) is 29.7 Å². The van der Waals surface area contributed by atoms with E-state index in [-0.39, 0.29) is 12.4 Å². The molecule has 0 saturated heterocycles. The molecule has 0 aliphatic heterocycles. The Bertz CT molecular complexity index is 515. The highest BCUT2D eigenvalue weighted by atomic mass is 35.5. The van der Waals surface area contributed by atoms with E-state index in [0.29, 0.717) is 5.92 Å². The molecule has 0 spiro atoms. The topological polar surface area (TPSA) is 47.7 Å². The Kier molecular flexibility index (Phi) is 5.42. The maximum Gasteiger partial charge on any atom is 0.148 e. The number of aryl methyl sites for hydroxylation is 2. The van der Waals surface area contributed by atoms with Gasteiger partial charge in [-0.2, -0.15) is 10.2 Å². The molecule has 106 valence electrons. The summed E-state index contributed by atoms with van der Waals surface area (Å²) in [6.45, 7) is 8.20. The molecule has 2 heterocycles. The van der Waals surface area contributed by atoms with E-state index >= 15 is 0 Å². The van der Waals surface area contributed by atoms with Gasteiger partial charge in [-0.05, 0) is 12.8 Å². The maximum absolute atomic E-state index is 4.55. The van der Waals surface area contributed by atoms with Gasteiger partial charge in [0.05, 0.1) is 6.20 Å². The molecule has 0 bridgehead atoms. The summed E-state index contributed by atoms with van der Waals surface area (Å²) < 4.78 is 3.86. The highest BCUT2D eigenvalue weighted by Crippen LogP contribution is 2.11. The van der Waals surface area contributed by atoms with Crippen molar-refractivity contribution in [3.63, 3.8) is 0 Å². The molecule has 2 aromatic heterocycles. The van der Waals surface area contributed by atoms with Crippen LogP contribution in [-0.2, 0) is 20.1 Å². The van der Waals surface area contributed by atoms with Crippen LogP contribution in [-0.4, -0.2) is 19.6 Å². The summed E-state index contributed by atoms with van der Waals surface area (Å²) >= 11 is 0. The van der Waals surface area contributed by atoms with Crippen molar-refractivity contribution in [2.45, 2.75) is 33.9 Å². The van der Waals surface area contributed by atoms with E-state index in [1.165, 1.54) is 5.69 Å². The monoisotopic (exact) mass is 283 g/mol. The zero-order valence-electron chi connectivity index (χ0n) is 11.9. The summed E-state index contributed by atoms with van der Waals surface area (Å²) in [4.78, 5) is 0. The third kappa shape index (κ3) is 4.28. The zero-order chi connectivity index (χ0) is 13.1. The van der Waals surface area contributed by atoms with Crippen molar-refractivity contribution >= 4 is 18.2 Å². The average molecular weight is 284 g/mol. The molecule has 1 N–H and O–H groups in total. The van der Waals surface area contributed by atoms with Gasteiger partial charge in [0.1, 0.15) is 5.82 Å². The SMILES string of the molecule is Cc1cc(NCc2cnn(C)c2)nn1CC(C)C.Cl. The Labute approximate surface area is 120 Å². The highest BCUT2D eigenvalue weighted by molar-refractivity contribution is 5.85. The number of aromatic nitrogens is 4. The maximum atomic E-state index is 4.55. The molecular formula is C13H22ClN5. The molecule has 0 fully saturated rings. The van der Waals surface area contributed by atoms with Crippen LogP contribution in [0.25, 0.3) is 0 Å². The summed E-state index contributed by atoms with van der Waals surface area (Å²) in [6, 6.07) is 2.08. The normalized spacial score (nSPS) is 10.6. The lowest BCUT2D eigenvalue weighted by Crippen LogP contribution is -2.08. The van der Waals surface area contributed by atoms with Crippen molar-refractivity contribution in [2.75, 3.05) is 5.32 Å². The predicted octanol–water partition coefficient (Wildman–Crippen LogP) is 2.61. The first-order valence-electron chi connectivity index (χ1n) is 6.30. The van der Waals surface area contributed by atoms with E-state index in [0.717, 1.165) is 24.5 Å². The number of nitrogens with zero attached hydrogens (tertiary/aromatic N) is 4. The van der Waals surface area contributed by atoms with Crippen LogP contribution in [0.1, 0.15) is 25.1 Å². The van der Waals surface area contributed by atoms with Crippen LogP contribution in [0.3, 0.4) is 0 Å². The first kappa shape index (κ1) is 15.6.